The molecule has 2 amide bonds. The number of carbonyl (C=O) groups is 2. The van der Waals surface area contributed by atoms with Crippen molar-refractivity contribution < 1.29 is 43.1 Å². The number of aromatic amines is 2. The number of aryl methyl sites for hydroxylation is 1. The van der Waals surface area contributed by atoms with E-state index in [4.69, 9.17) is 40.5 Å². The number of aromatic nitrogens is 9. The molecule has 81 heavy (non-hydrogen) atoms. The van der Waals surface area contributed by atoms with Crippen LogP contribution in [0.1, 0.15) is 74.0 Å². The SMILES string of the molecule is Cc1[nH]ncc1-c1ccc([C@H](CO)NC(=O)[C@@H]2C[C@@H](O)CN2C(=O)[C@H](C(C)C)n2cc(-c3ccc(COc4c(-c5c(C)c(F)cc6[nH]ncc56)c(Cl)c5c6c(nc(OC7CCOCC7)nc46)N4[C@@H]6CN[C@@H](C6)[C@H]4CO5)cc3)nn2)cc1. The lowest BCUT2D eigenvalue weighted by atomic mass is 9.93. The van der Waals surface area contributed by atoms with Crippen LogP contribution in [0.25, 0.3) is 55.3 Å². The third-order valence-corrected chi connectivity index (χ3v) is 17.1. The number of ether oxygens (including phenoxy) is 4. The first-order valence-corrected chi connectivity index (χ1v) is 27.9. The third kappa shape index (κ3) is 9.45. The number of likely N-dealkylation sites (tertiary alicyclic amines) is 1. The standard InChI is InChI=1S/C58H61ClFN13O8/c1-28(2)52(57(77)71-23-36(75)18-45(71)56(76)64-44(25-74)34-11-9-32(10-12-34)38-21-62-67-30(38)4)72-24-43(69-70-72)33-7-5-31(6-8-33)26-79-54-48(47-29(3)40(60)19-41-39(47)22-63-68-41)50(59)53-49-51(54)65-58(81-37-13-15-78-16-14-37)66-55(49)73-35-17-42(61-20-35)46(73)27-80-53/h5-12,19,21-22,24,28,35-37,42,44-46,52,61,74-75H,13-18,20,23,25-27H2,1-4H3,(H,62,67)(H,63,68)(H,64,76)/t35-,36+,42-,44-,45-,46+,52-/m0/s1. The monoisotopic (exact) mass is 1120 g/mol. The number of nitrogens with zero attached hydrogens (tertiary/aromatic N) is 9. The zero-order valence-electron chi connectivity index (χ0n) is 45.0. The Morgan fingerprint density at radius 2 is 1.77 bits per heavy atom. The van der Waals surface area contributed by atoms with E-state index in [0.717, 1.165) is 35.3 Å². The maximum Gasteiger partial charge on any atom is 0.319 e. The molecule has 13 rings (SSSR count). The summed E-state index contributed by atoms with van der Waals surface area (Å²) in [5, 5.41) is 52.5. The lowest BCUT2D eigenvalue weighted by Gasteiger charge is -2.35. The van der Waals surface area contributed by atoms with Crippen molar-refractivity contribution in [3.8, 4) is 51.0 Å². The van der Waals surface area contributed by atoms with Crippen molar-refractivity contribution in [1.82, 2.24) is 60.9 Å². The second kappa shape index (κ2) is 21.3. The molecule has 4 fully saturated rings. The summed E-state index contributed by atoms with van der Waals surface area (Å²) < 4.78 is 43.6. The number of amides is 2. The molecule has 4 saturated heterocycles. The number of halogens is 2. The molecule has 6 N–H and O–H groups in total. The highest BCUT2D eigenvalue weighted by atomic mass is 35.5. The topological polar surface area (TPSA) is 256 Å². The van der Waals surface area contributed by atoms with Gasteiger partial charge in [-0.1, -0.05) is 79.2 Å². The summed E-state index contributed by atoms with van der Waals surface area (Å²) in [5.74, 6) is -0.327. The second-order valence-corrected chi connectivity index (χ2v) is 22.5. The second-order valence-electron chi connectivity index (χ2n) is 22.1. The van der Waals surface area contributed by atoms with E-state index in [1.165, 1.54) is 15.6 Å². The molecule has 21 nitrogen and oxygen atoms in total. The first kappa shape index (κ1) is 52.6. The van der Waals surface area contributed by atoms with Crippen LogP contribution in [0.4, 0.5) is 10.2 Å². The van der Waals surface area contributed by atoms with Crippen LogP contribution in [0.15, 0.2) is 73.2 Å². The van der Waals surface area contributed by atoms with Gasteiger partial charge in [0.15, 0.2) is 11.5 Å². The third-order valence-electron chi connectivity index (χ3n) is 16.7. The Kier molecular flexibility index (Phi) is 13.8. The summed E-state index contributed by atoms with van der Waals surface area (Å²) in [4.78, 5) is 42.6. The average molecular weight is 1120 g/mol. The van der Waals surface area contributed by atoms with Crippen molar-refractivity contribution in [2.75, 3.05) is 44.4 Å². The zero-order chi connectivity index (χ0) is 55.8. The number of aliphatic hydroxyl groups is 2. The molecular formula is C58H61ClFN13O8. The zero-order valence-corrected chi connectivity index (χ0v) is 45.8. The number of benzene rings is 4. The number of rotatable bonds is 15. The van der Waals surface area contributed by atoms with Gasteiger partial charge < -0.3 is 49.6 Å². The van der Waals surface area contributed by atoms with Crippen LogP contribution in [0.2, 0.25) is 5.02 Å². The van der Waals surface area contributed by atoms with Gasteiger partial charge in [-0.3, -0.25) is 19.8 Å². The Bertz CT molecular complexity index is 3700. The molecule has 5 aliphatic rings. The maximum atomic E-state index is 16.1. The molecule has 23 heteroatoms. The molecule has 0 aliphatic carbocycles. The lowest BCUT2D eigenvalue weighted by molar-refractivity contribution is -0.142. The van der Waals surface area contributed by atoms with Gasteiger partial charge >= 0.3 is 6.01 Å². The Balaban J connectivity index is 0.787. The molecule has 0 radical (unpaired) electrons. The number of anilines is 1. The number of nitrogens with one attached hydrogen (secondary N) is 4. The Morgan fingerprint density at radius 3 is 2.52 bits per heavy atom. The number of hydrogen-bond acceptors (Lipinski definition) is 16. The highest BCUT2D eigenvalue weighted by Gasteiger charge is 2.50. The first-order valence-electron chi connectivity index (χ1n) is 27.5. The predicted molar refractivity (Wildman–Crippen MR) is 297 cm³/mol. The van der Waals surface area contributed by atoms with Crippen LogP contribution in [0.5, 0.6) is 17.5 Å². The summed E-state index contributed by atoms with van der Waals surface area (Å²) in [5.41, 5.74) is 7.51. The summed E-state index contributed by atoms with van der Waals surface area (Å²) in [6, 6.07) is 14.3. The quantitative estimate of drug-likeness (QED) is 0.0625. The summed E-state index contributed by atoms with van der Waals surface area (Å²) in [7, 11) is 0. The first-order chi connectivity index (χ1) is 39.3. The van der Waals surface area contributed by atoms with Crippen LogP contribution in [0.3, 0.4) is 0 Å². The van der Waals surface area contributed by atoms with Gasteiger partial charge in [-0.15, -0.1) is 5.10 Å². The van der Waals surface area contributed by atoms with Crippen LogP contribution in [0, 0.1) is 25.6 Å². The molecule has 5 aliphatic heterocycles. The summed E-state index contributed by atoms with van der Waals surface area (Å²) >= 11 is 7.63. The number of hydrogen-bond donors (Lipinski definition) is 6. The number of fused-ring (bicyclic) bond motifs is 7. The van der Waals surface area contributed by atoms with Gasteiger partial charge in [0.25, 0.3) is 0 Å². The minimum atomic E-state index is -0.998. The van der Waals surface area contributed by atoms with Crippen molar-refractivity contribution in [3.05, 3.63) is 106 Å². The number of aliphatic hydroxyl groups excluding tert-OH is 2. The summed E-state index contributed by atoms with van der Waals surface area (Å²) in [6.07, 6.45) is 6.27. The number of carbonyl (C=O) groups excluding carboxylic acids is 2. The fourth-order valence-electron chi connectivity index (χ4n) is 12.5. The van der Waals surface area contributed by atoms with Gasteiger partial charge in [0, 0.05) is 77.8 Å². The van der Waals surface area contributed by atoms with Gasteiger partial charge in [-0.2, -0.15) is 20.2 Å². The van der Waals surface area contributed by atoms with Crippen molar-refractivity contribution in [1.29, 1.82) is 0 Å². The maximum absolute atomic E-state index is 16.1. The predicted octanol–water partition coefficient (Wildman–Crippen LogP) is 6.69. The van der Waals surface area contributed by atoms with Gasteiger partial charge in [-0.05, 0) is 54.5 Å². The fraction of sp³-hybridized carbons (Fsp3) is 0.414. The lowest BCUT2D eigenvalue weighted by Crippen LogP contribution is -2.53. The van der Waals surface area contributed by atoms with Crippen molar-refractivity contribution in [2.45, 2.75) is 108 Å². The number of β-amino-alcohol motifs (C(OH)–C–C–N with tert-alkyl or cyclic N) is 1. The largest absolute Gasteiger partial charge is 0.489 e. The average Bonchev–Trinajstić information content (AvgIpc) is 4.57. The molecule has 0 saturated carbocycles. The van der Waals surface area contributed by atoms with Gasteiger partial charge in [-0.25, -0.2) is 9.07 Å². The molecular weight excluding hydrogens is 1060 g/mol. The number of H-pyrrole nitrogens is 2. The van der Waals surface area contributed by atoms with E-state index in [0.29, 0.717) is 105 Å². The Morgan fingerprint density at radius 1 is 0.988 bits per heavy atom. The summed E-state index contributed by atoms with van der Waals surface area (Å²) in [6.45, 7) is 9.21. The van der Waals surface area contributed by atoms with Gasteiger partial charge in [0.2, 0.25) is 11.8 Å². The highest BCUT2D eigenvalue weighted by molar-refractivity contribution is 6.38. The smallest absolute Gasteiger partial charge is 0.319 e. The van der Waals surface area contributed by atoms with Crippen molar-refractivity contribution >= 4 is 51.0 Å². The van der Waals surface area contributed by atoms with Crippen LogP contribution in [-0.2, 0) is 20.9 Å². The highest BCUT2D eigenvalue weighted by Crippen LogP contribution is 2.55. The minimum absolute atomic E-state index is 0.0273. The molecule has 8 aromatic rings. The molecule has 0 spiro atoms. The van der Waals surface area contributed by atoms with E-state index in [9.17, 15) is 19.8 Å². The van der Waals surface area contributed by atoms with Crippen LogP contribution >= 0.6 is 11.6 Å². The molecule has 0 unspecified atom stereocenters. The van der Waals surface area contributed by atoms with E-state index in [-0.39, 0.29) is 67.4 Å². The minimum Gasteiger partial charge on any atom is -0.489 e. The molecule has 2 bridgehead atoms. The van der Waals surface area contributed by atoms with E-state index < -0.39 is 41.9 Å². The molecule has 4 aromatic carbocycles. The molecule has 420 valence electrons. The Hall–Kier alpha value is -7.76. The normalized spacial score (nSPS) is 21.4. The van der Waals surface area contributed by atoms with Crippen LogP contribution in [-0.4, -0.2) is 148 Å². The molecule has 4 aromatic heterocycles. The van der Waals surface area contributed by atoms with Gasteiger partial charge in [0.1, 0.15) is 54.2 Å². The van der Waals surface area contributed by atoms with Crippen LogP contribution < -0.4 is 29.7 Å². The Labute approximate surface area is 469 Å². The van der Waals surface area contributed by atoms with Gasteiger partial charge in [0.05, 0.1) is 72.5 Å². The van der Waals surface area contributed by atoms with Crippen molar-refractivity contribution in [3.63, 3.8) is 0 Å². The molecule has 7 atom stereocenters. The van der Waals surface area contributed by atoms with E-state index in [1.807, 2.05) is 69.3 Å². The van der Waals surface area contributed by atoms with E-state index >= 15 is 4.39 Å². The fourth-order valence-corrected chi connectivity index (χ4v) is 12.8. The van der Waals surface area contributed by atoms with E-state index in [2.05, 4.69) is 46.2 Å². The van der Waals surface area contributed by atoms with E-state index in [1.54, 1.807) is 25.5 Å². The van der Waals surface area contributed by atoms with Crippen molar-refractivity contribution in [2.24, 2.45) is 5.92 Å². The molecule has 9 heterocycles. The number of piperazine rings is 1.